The maximum Gasteiger partial charge on any atom is 0.261 e. The number of carbonyl (C=O) groups is 1. The normalized spacial score (nSPS) is 10.8. The van der Waals surface area contributed by atoms with Crippen molar-refractivity contribution < 1.29 is 4.79 Å². The minimum absolute atomic E-state index is 0.102. The Morgan fingerprint density at radius 1 is 1.17 bits per heavy atom. The second kappa shape index (κ2) is 6.21. The van der Waals surface area contributed by atoms with Crippen LogP contribution in [0.4, 0.5) is 0 Å². The lowest BCUT2D eigenvalue weighted by Gasteiger charge is -2.00. The van der Waals surface area contributed by atoms with Gasteiger partial charge < -0.3 is 5.32 Å². The van der Waals surface area contributed by atoms with Gasteiger partial charge in [-0.3, -0.25) is 9.78 Å². The molecule has 3 aromatic heterocycles. The van der Waals surface area contributed by atoms with Crippen LogP contribution >= 0.6 is 11.3 Å². The lowest BCUT2D eigenvalue weighted by Crippen LogP contribution is -2.21. The number of aromatic nitrogens is 4. The summed E-state index contributed by atoms with van der Waals surface area (Å²) in [5.74, 6) is -0.102. The average molecular weight is 335 g/mol. The zero-order valence-corrected chi connectivity index (χ0v) is 13.4. The van der Waals surface area contributed by atoms with Crippen LogP contribution in [0.2, 0.25) is 0 Å². The van der Waals surface area contributed by atoms with Crippen molar-refractivity contribution in [2.45, 2.75) is 6.54 Å². The lowest BCUT2D eigenvalue weighted by molar-refractivity contribution is 0.0954. The summed E-state index contributed by atoms with van der Waals surface area (Å²) in [4.78, 5) is 17.0. The first-order valence-electron chi connectivity index (χ1n) is 7.38. The minimum Gasteiger partial charge on any atom is -0.346 e. The van der Waals surface area contributed by atoms with Crippen molar-refractivity contribution in [3.63, 3.8) is 0 Å². The van der Waals surface area contributed by atoms with Gasteiger partial charge in [0, 0.05) is 17.1 Å². The predicted octanol–water partition coefficient (Wildman–Crippen LogP) is 2.81. The molecule has 118 valence electrons. The van der Waals surface area contributed by atoms with Gasteiger partial charge in [-0.2, -0.15) is 0 Å². The highest BCUT2D eigenvalue weighted by Gasteiger charge is 2.11. The molecule has 1 amide bonds. The Kier molecular flexibility index (Phi) is 3.76. The van der Waals surface area contributed by atoms with Crippen LogP contribution < -0.4 is 5.32 Å². The Hall–Kier alpha value is -3.06. The zero-order valence-electron chi connectivity index (χ0n) is 12.6. The molecule has 0 bridgehead atoms. The van der Waals surface area contributed by atoms with Crippen LogP contribution in [0.25, 0.3) is 15.8 Å². The molecule has 0 fully saturated rings. The van der Waals surface area contributed by atoms with E-state index < -0.39 is 0 Å². The predicted molar refractivity (Wildman–Crippen MR) is 92.1 cm³/mol. The molecule has 0 saturated carbocycles. The number of nitrogens with zero attached hydrogens (tertiary/aromatic N) is 4. The van der Waals surface area contributed by atoms with Crippen LogP contribution in [0, 0.1) is 0 Å². The van der Waals surface area contributed by atoms with Crippen LogP contribution in [0.15, 0.2) is 61.1 Å². The molecular weight excluding hydrogens is 322 g/mol. The van der Waals surface area contributed by atoms with Gasteiger partial charge in [-0.1, -0.05) is 23.4 Å². The molecule has 0 radical (unpaired) electrons. The summed E-state index contributed by atoms with van der Waals surface area (Å²) < 4.78 is 2.76. The van der Waals surface area contributed by atoms with Crippen LogP contribution in [0.5, 0.6) is 0 Å². The molecule has 6 nitrogen and oxygen atoms in total. The largest absolute Gasteiger partial charge is 0.346 e. The van der Waals surface area contributed by atoms with Crippen LogP contribution in [-0.4, -0.2) is 25.9 Å². The summed E-state index contributed by atoms with van der Waals surface area (Å²) in [5, 5.41) is 12.1. The SMILES string of the molecule is O=C(NCc1cn(-c2ccncc2)nn1)c1cc2ccccc2s1. The molecule has 0 aliphatic heterocycles. The number of hydrogen-bond donors (Lipinski definition) is 1. The molecule has 0 aliphatic carbocycles. The molecule has 0 aliphatic rings. The van der Waals surface area contributed by atoms with E-state index in [1.54, 1.807) is 23.3 Å². The molecule has 7 heteroatoms. The number of rotatable bonds is 4. The summed E-state index contributed by atoms with van der Waals surface area (Å²) in [5.41, 5.74) is 1.57. The number of nitrogens with one attached hydrogen (secondary N) is 1. The van der Waals surface area contributed by atoms with E-state index in [2.05, 4.69) is 20.6 Å². The molecule has 0 unspecified atom stereocenters. The first-order chi connectivity index (χ1) is 11.8. The van der Waals surface area contributed by atoms with Gasteiger partial charge >= 0.3 is 0 Å². The number of pyridine rings is 1. The van der Waals surface area contributed by atoms with Gasteiger partial charge in [0.15, 0.2) is 0 Å². The number of thiophene rings is 1. The van der Waals surface area contributed by atoms with Crippen molar-refractivity contribution >= 4 is 27.3 Å². The van der Waals surface area contributed by atoms with Crippen LogP contribution in [0.1, 0.15) is 15.4 Å². The molecule has 1 aromatic carbocycles. The Bertz CT molecular complexity index is 959. The highest BCUT2D eigenvalue weighted by atomic mass is 32.1. The van der Waals surface area contributed by atoms with Gasteiger partial charge in [0.2, 0.25) is 0 Å². The van der Waals surface area contributed by atoms with E-state index in [0.29, 0.717) is 17.1 Å². The summed E-state index contributed by atoms with van der Waals surface area (Å²) in [6, 6.07) is 13.5. The Morgan fingerprint density at radius 3 is 2.83 bits per heavy atom. The third-order valence-corrected chi connectivity index (χ3v) is 4.66. The molecular formula is C17H13N5OS. The summed E-state index contributed by atoms with van der Waals surface area (Å²) in [7, 11) is 0. The summed E-state index contributed by atoms with van der Waals surface area (Å²) >= 11 is 1.48. The minimum atomic E-state index is -0.102. The van der Waals surface area contributed by atoms with Crippen molar-refractivity contribution in [3.8, 4) is 5.69 Å². The summed E-state index contributed by atoms with van der Waals surface area (Å²) in [6.45, 7) is 0.332. The van der Waals surface area contributed by atoms with Gasteiger partial charge in [0.25, 0.3) is 5.91 Å². The highest BCUT2D eigenvalue weighted by Crippen LogP contribution is 2.25. The number of benzene rings is 1. The monoisotopic (exact) mass is 335 g/mol. The molecule has 3 heterocycles. The quantitative estimate of drug-likeness (QED) is 0.622. The standard InChI is InChI=1S/C17H13N5OS/c23-17(16-9-12-3-1-2-4-15(12)24-16)19-10-13-11-22(21-20-13)14-5-7-18-8-6-14/h1-9,11H,10H2,(H,19,23). The van der Waals surface area contributed by atoms with Crippen molar-refractivity contribution in [3.05, 3.63) is 71.6 Å². The van der Waals surface area contributed by atoms with Crippen molar-refractivity contribution in [2.75, 3.05) is 0 Å². The maximum absolute atomic E-state index is 12.3. The molecule has 24 heavy (non-hydrogen) atoms. The Morgan fingerprint density at radius 2 is 2.00 bits per heavy atom. The topological polar surface area (TPSA) is 72.7 Å². The summed E-state index contributed by atoms with van der Waals surface area (Å²) in [6.07, 6.45) is 5.18. The Labute approximate surface area is 141 Å². The third-order valence-electron chi connectivity index (χ3n) is 3.55. The van der Waals surface area contributed by atoms with Crippen LogP contribution in [0.3, 0.4) is 0 Å². The fourth-order valence-electron chi connectivity index (χ4n) is 2.35. The van der Waals surface area contributed by atoms with Gasteiger partial charge in [0.1, 0.15) is 5.69 Å². The fourth-order valence-corrected chi connectivity index (χ4v) is 3.33. The molecule has 0 saturated heterocycles. The van der Waals surface area contributed by atoms with Gasteiger partial charge in [-0.25, -0.2) is 4.68 Å². The van der Waals surface area contributed by atoms with E-state index >= 15 is 0 Å². The number of amides is 1. The highest BCUT2D eigenvalue weighted by molar-refractivity contribution is 7.20. The second-order valence-electron chi connectivity index (χ2n) is 5.19. The van der Waals surface area contributed by atoms with Gasteiger partial charge in [-0.15, -0.1) is 16.4 Å². The second-order valence-corrected chi connectivity index (χ2v) is 6.27. The number of fused-ring (bicyclic) bond motifs is 1. The van der Waals surface area contributed by atoms with Gasteiger partial charge in [0.05, 0.1) is 23.3 Å². The third kappa shape index (κ3) is 2.89. The average Bonchev–Trinajstić information content (AvgIpc) is 3.27. The van der Waals surface area contributed by atoms with Crippen molar-refractivity contribution in [2.24, 2.45) is 0 Å². The molecule has 0 spiro atoms. The van der Waals surface area contributed by atoms with E-state index in [1.807, 2.05) is 42.5 Å². The smallest absolute Gasteiger partial charge is 0.261 e. The molecule has 0 atom stereocenters. The lowest BCUT2D eigenvalue weighted by atomic mass is 10.2. The van der Waals surface area contributed by atoms with E-state index in [9.17, 15) is 4.79 Å². The zero-order chi connectivity index (χ0) is 16.4. The fraction of sp³-hybridized carbons (Fsp3) is 0.0588. The molecule has 4 rings (SSSR count). The van der Waals surface area contributed by atoms with Crippen molar-refractivity contribution in [1.29, 1.82) is 0 Å². The number of carbonyl (C=O) groups excluding carboxylic acids is 1. The van der Waals surface area contributed by atoms with Crippen LogP contribution in [-0.2, 0) is 6.54 Å². The molecule has 1 N–H and O–H groups in total. The Balaban J connectivity index is 1.45. The van der Waals surface area contributed by atoms with Gasteiger partial charge in [-0.05, 0) is 29.7 Å². The molecule has 4 aromatic rings. The first-order valence-corrected chi connectivity index (χ1v) is 8.20. The maximum atomic E-state index is 12.3. The van der Waals surface area contributed by atoms with E-state index in [4.69, 9.17) is 0 Å². The first kappa shape index (κ1) is 14.5. The van der Waals surface area contributed by atoms with E-state index in [1.165, 1.54) is 11.3 Å². The van der Waals surface area contributed by atoms with Crippen molar-refractivity contribution in [1.82, 2.24) is 25.3 Å². The number of hydrogen-bond acceptors (Lipinski definition) is 5. The van der Waals surface area contributed by atoms with E-state index in [-0.39, 0.29) is 5.91 Å². The van der Waals surface area contributed by atoms with E-state index in [0.717, 1.165) is 15.8 Å².